The van der Waals surface area contributed by atoms with Crippen LogP contribution < -0.4 is 5.32 Å². The average Bonchev–Trinajstić information content (AvgIpc) is 2.83. The molecule has 1 N–H and O–H groups in total. The van der Waals surface area contributed by atoms with Crippen molar-refractivity contribution < 1.29 is 27.5 Å². The SMILES string of the molecule is COC(=O)c1ccc(NC(=O)c2c(C(F)F)c(-c3ccccc3)nc3ccc(Br)cc23)c(F)c1. The van der Waals surface area contributed by atoms with Crippen LogP contribution >= 0.6 is 15.9 Å². The monoisotopic (exact) mass is 528 g/mol. The second-order valence-electron chi connectivity index (χ2n) is 7.22. The van der Waals surface area contributed by atoms with Gasteiger partial charge < -0.3 is 10.1 Å². The first-order valence-corrected chi connectivity index (χ1v) is 10.8. The highest BCUT2D eigenvalue weighted by atomic mass is 79.9. The molecule has 0 radical (unpaired) electrons. The number of ether oxygens (including phenoxy) is 1. The van der Waals surface area contributed by atoms with E-state index in [-0.39, 0.29) is 27.9 Å². The summed E-state index contributed by atoms with van der Waals surface area (Å²) >= 11 is 3.30. The maximum atomic E-state index is 14.6. The number of pyridine rings is 1. The molecule has 172 valence electrons. The number of fused-ring (bicyclic) bond motifs is 1. The molecule has 1 heterocycles. The Morgan fingerprint density at radius 2 is 1.76 bits per heavy atom. The highest BCUT2D eigenvalue weighted by Gasteiger charge is 2.28. The number of aromatic nitrogens is 1. The van der Waals surface area contributed by atoms with Crippen molar-refractivity contribution in [1.82, 2.24) is 4.98 Å². The van der Waals surface area contributed by atoms with Crippen molar-refractivity contribution in [2.75, 3.05) is 12.4 Å². The Labute approximate surface area is 200 Å². The molecule has 0 atom stereocenters. The molecule has 0 fully saturated rings. The number of rotatable bonds is 5. The van der Waals surface area contributed by atoms with Crippen molar-refractivity contribution >= 4 is 44.4 Å². The minimum atomic E-state index is -3.04. The Balaban J connectivity index is 1.90. The zero-order chi connectivity index (χ0) is 24.4. The van der Waals surface area contributed by atoms with Gasteiger partial charge in [-0.1, -0.05) is 46.3 Å². The number of hydrogen-bond acceptors (Lipinski definition) is 4. The van der Waals surface area contributed by atoms with Gasteiger partial charge >= 0.3 is 5.97 Å². The predicted octanol–water partition coefficient (Wildman–Crippen LogP) is 6.78. The van der Waals surface area contributed by atoms with Gasteiger partial charge in [-0.05, 0) is 36.4 Å². The molecule has 0 saturated heterocycles. The molecule has 1 amide bonds. The van der Waals surface area contributed by atoms with Crippen molar-refractivity contribution in [3.63, 3.8) is 0 Å². The Kier molecular flexibility index (Phi) is 6.65. The van der Waals surface area contributed by atoms with E-state index in [4.69, 9.17) is 0 Å². The highest BCUT2D eigenvalue weighted by molar-refractivity contribution is 9.10. The standard InChI is InChI=1S/C25H16BrF3N2O3/c1-34-25(33)14-7-9-19(17(27)11-14)31-24(32)20-16-12-15(26)8-10-18(16)30-22(21(20)23(28)29)13-5-3-2-4-6-13/h2-12,23H,1H3,(H,31,32). The minimum Gasteiger partial charge on any atom is -0.465 e. The number of alkyl halides is 2. The van der Waals surface area contributed by atoms with E-state index in [1.54, 1.807) is 42.5 Å². The lowest BCUT2D eigenvalue weighted by atomic mass is 9.96. The van der Waals surface area contributed by atoms with E-state index >= 15 is 0 Å². The van der Waals surface area contributed by atoms with Crippen molar-refractivity contribution in [3.05, 3.63) is 93.7 Å². The van der Waals surface area contributed by atoms with Crippen LogP contribution in [0.25, 0.3) is 22.2 Å². The van der Waals surface area contributed by atoms with Crippen LogP contribution in [0.3, 0.4) is 0 Å². The van der Waals surface area contributed by atoms with Crippen molar-refractivity contribution in [2.45, 2.75) is 6.43 Å². The summed E-state index contributed by atoms with van der Waals surface area (Å²) in [6.45, 7) is 0. The second kappa shape index (κ2) is 9.64. The number of nitrogens with zero attached hydrogens (tertiary/aromatic N) is 1. The molecule has 4 rings (SSSR count). The summed E-state index contributed by atoms with van der Waals surface area (Å²) in [6, 6.07) is 16.4. The first-order valence-electron chi connectivity index (χ1n) is 9.96. The van der Waals surface area contributed by atoms with Gasteiger partial charge in [0, 0.05) is 15.4 Å². The lowest BCUT2D eigenvalue weighted by Crippen LogP contribution is -2.18. The fourth-order valence-electron chi connectivity index (χ4n) is 3.57. The largest absolute Gasteiger partial charge is 0.465 e. The summed E-state index contributed by atoms with van der Waals surface area (Å²) in [4.78, 5) is 29.4. The van der Waals surface area contributed by atoms with Crippen LogP contribution in [-0.4, -0.2) is 24.0 Å². The van der Waals surface area contributed by atoms with Crippen LogP contribution in [0.5, 0.6) is 0 Å². The van der Waals surface area contributed by atoms with E-state index in [9.17, 15) is 22.8 Å². The number of amides is 1. The number of anilines is 1. The number of nitrogens with one attached hydrogen (secondary N) is 1. The third-order valence-corrected chi connectivity index (χ3v) is 5.61. The molecule has 0 saturated carbocycles. The van der Waals surface area contributed by atoms with Gasteiger partial charge in [-0.25, -0.2) is 22.9 Å². The van der Waals surface area contributed by atoms with Gasteiger partial charge in [0.1, 0.15) is 5.82 Å². The molecule has 0 bridgehead atoms. The van der Waals surface area contributed by atoms with E-state index in [0.29, 0.717) is 15.6 Å². The first kappa shape index (κ1) is 23.4. The zero-order valence-electron chi connectivity index (χ0n) is 17.6. The van der Waals surface area contributed by atoms with E-state index < -0.39 is 29.7 Å². The Hall–Kier alpha value is -3.72. The third kappa shape index (κ3) is 4.51. The van der Waals surface area contributed by atoms with E-state index in [1.807, 2.05) is 0 Å². The molecule has 1 aromatic heterocycles. The van der Waals surface area contributed by atoms with Gasteiger partial charge in [0.25, 0.3) is 12.3 Å². The van der Waals surface area contributed by atoms with Gasteiger partial charge in [0.15, 0.2) is 0 Å². The summed E-state index contributed by atoms with van der Waals surface area (Å²) in [6.07, 6.45) is -3.04. The first-order chi connectivity index (χ1) is 16.3. The lowest BCUT2D eigenvalue weighted by molar-refractivity contribution is 0.0600. The number of methoxy groups -OCH3 is 1. The molecule has 9 heteroatoms. The quantitative estimate of drug-likeness (QED) is 0.290. The van der Waals surface area contributed by atoms with Crippen LogP contribution in [0.4, 0.5) is 18.9 Å². The number of benzene rings is 3. The molecular formula is C25H16BrF3N2O3. The predicted molar refractivity (Wildman–Crippen MR) is 126 cm³/mol. The van der Waals surface area contributed by atoms with Crippen molar-refractivity contribution in [1.29, 1.82) is 0 Å². The molecule has 0 aliphatic heterocycles. The van der Waals surface area contributed by atoms with Crippen molar-refractivity contribution in [3.8, 4) is 11.3 Å². The molecular weight excluding hydrogens is 513 g/mol. The third-order valence-electron chi connectivity index (χ3n) is 5.12. The maximum absolute atomic E-state index is 14.6. The lowest BCUT2D eigenvalue weighted by Gasteiger charge is -2.17. The summed E-state index contributed by atoms with van der Waals surface area (Å²) in [7, 11) is 1.15. The van der Waals surface area contributed by atoms with Gasteiger partial charge in [-0.2, -0.15) is 0 Å². The second-order valence-corrected chi connectivity index (χ2v) is 8.13. The number of carbonyl (C=O) groups excluding carboxylic acids is 2. The molecule has 0 aliphatic carbocycles. The Morgan fingerprint density at radius 1 is 1.03 bits per heavy atom. The van der Waals surface area contributed by atoms with Crippen LogP contribution in [-0.2, 0) is 4.74 Å². The van der Waals surface area contributed by atoms with Crippen molar-refractivity contribution in [2.24, 2.45) is 0 Å². The topological polar surface area (TPSA) is 68.3 Å². The molecule has 0 unspecified atom stereocenters. The van der Waals surface area contributed by atoms with Gasteiger partial charge in [0.2, 0.25) is 0 Å². The fourth-order valence-corrected chi connectivity index (χ4v) is 3.93. The maximum Gasteiger partial charge on any atom is 0.337 e. The van der Waals surface area contributed by atoms with E-state index in [1.165, 1.54) is 18.2 Å². The molecule has 4 aromatic rings. The number of carbonyl (C=O) groups is 2. The van der Waals surface area contributed by atoms with Gasteiger partial charge in [-0.3, -0.25) is 4.79 Å². The fraction of sp³-hybridized carbons (Fsp3) is 0.0800. The smallest absolute Gasteiger partial charge is 0.337 e. The van der Waals surface area contributed by atoms with Crippen LogP contribution in [0.1, 0.15) is 32.7 Å². The summed E-state index contributed by atoms with van der Waals surface area (Å²) < 4.78 is 48.5. The minimum absolute atomic E-state index is 0.0444. The van der Waals surface area contributed by atoms with Crippen LogP contribution in [0.2, 0.25) is 0 Å². The van der Waals surface area contributed by atoms with E-state index in [2.05, 4.69) is 31.0 Å². The average molecular weight is 529 g/mol. The van der Waals surface area contributed by atoms with Gasteiger partial charge in [-0.15, -0.1) is 0 Å². The van der Waals surface area contributed by atoms with Crippen LogP contribution in [0, 0.1) is 5.82 Å². The van der Waals surface area contributed by atoms with E-state index in [0.717, 1.165) is 13.2 Å². The normalized spacial score (nSPS) is 11.0. The summed E-state index contributed by atoms with van der Waals surface area (Å²) in [5.41, 5.74) is -0.548. The summed E-state index contributed by atoms with van der Waals surface area (Å²) in [5.74, 6) is -2.62. The molecule has 0 aliphatic rings. The summed E-state index contributed by atoms with van der Waals surface area (Å²) in [5, 5.41) is 2.53. The number of halogens is 4. The molecule has 34 heavy (non-hydrogen) atoms. The Morgan fingerprint density at radius 3 is 2.41 bits per heavy atom. The molecule has 5 nitrogen and oxygen atoms in total. The number of hydrogen-bond donors (Lipinski definition) is 1. The van der Waals surface area contributed by atoms with Gasteiger partial charge in [0.05, 0.1) is 40.7 Å². The zero-order valence-corrected chi connectivity index (χ0v) is 19.2. The molecule has 3 aromatic carbocycles. The molecule has 0 spiro atoms. The van der Waals surface area contributed by atoms with Crippen LogP contribution in [0.15, 0.2) is 71.2 Å². The Bertz CT molecular complexity index is 1410. The number of esters is 1. The highest BCUT2D eigenvalue weighted by Crippen LogP contribution is 2.37.